The number of carbonyl (C=O) groups is 2. The van der Waals surface area contributed by atoms with E-state index in [4.69, 9.17) is 0 Å². The van der Waals surface area contributed by atoms with Crippen molar-refractivity contribution in [3.8, 4) is 0 Å². The fourth-order valence-corrected chi connectivity index (χ4v) is 3.31. The van der Waals surface area contributed by atoms with Crippen molar-refractivity contribution in [2.75, 3.05) is 18.0 Å². The molecule has 2 heterocycles. The Labute approximate surface area is 124 Å². The first-order chi connectivity index (χ1) is 9.92. The lowest BCUT2D eigenvalue weighted by Crippen LogP contribution is -2.46. The first-order valence-corrected chi connectivity index (χ1v) is 7.32. The van der Waals surface area contributed by atoms with Crippen molar-refractivity contribution in [2.24, 2.45) is 5.41 Å². The first kappa shape index (κ1) is 13.9. The van der Waals surface area contributed by atoms with E-state index in [0.717, 1.165) is 12.1 Å². The molecule has 0 bridgehead atoms. The molecular formula is C16H20N2O3. The zero-order valence-corrected chi connectivity index (χ0v) is 12.4. The normalized spacial score (nSPS) is 27.8. The van der Waals surface area contributed by atoms with Gasteiger partial charge in [-0.3, -0.25) is 9.69 Å². The lowest BCUT2D eigenvalue weighted by Gasteiger charge is -2.29. The van der Waals surface area contributed by atoms with Crippen LogP contribution in [0.15, 0.2) is 24.3 Å². The maximum absolute atomic E-state index is 12.8. The van der Waals surface area contributed by atoms with E-state index in [2.05, 4.69) is 0 Å². The Morgan fingerprint density at radius 1 is 1.33 bits per heavy atom. The summed E-state index contributed by atoms with van der Waals surface area (Å²) in [5.41, 5.74) is 1.32. The summed E-state index contributed by atoms with van der Waals surface area (Å²) in [5, 5.41) is 9.30. The molecule has 5 heteroatoms. The molecular weight excluding hydrogens is 268 g/mol. The third-order valence-corrected chi connectivity index (χ3v) is 4.67. The maximum atomic E-state index is 12.8. The minimum atomic E-state index is -0.826. The summed E-state index contributed by atoms with van der Waals surface area (Å²) < 4.78 is 0. The zero-order valence-electron chi connectivity index (χ0n) is 12.4. The molecule has 2 aliphatic rings. The minimum Gasteiger partial charge on any atom is -0.481 e. The van der Waals surface area contributed by atoms with Gasteiger partial charge in [0.1, 0.15) is 0 Å². The Morgan fingerprint density at radius 3 is 2.71 bits per heavy atom. The lowest BCUT2D eigenvalue weighted by molar-refractivity contribution is -0.146. The molecule has 1 fully saturated rings. The minimum absolute atomic E-state index is 0.0718. The van der Waals surface area contributed by atoms with Gasteiger partial charge in [0.15, 0.2) is 0 Å². The van der Waals surface area contributed by atoms with Crippen LogP contribution in [0.4, 0.5) is 10.5 Å². The van der Waals surface area contributed by atoms with Crippen LogP contribution >= 0.6 is 0 Å². The number of hydrogen-bond acceptors (Lipinski definition) is 2. The van der Waals surface area contributed by atoms with Gasteiger partial charge in [-0.2, -0.15) is 0 Å². The number of carboxylic acid groups (broad SMARTS) is 1. The molecule has 1 aromatic rings. The number of aliphatic carboxylic acids is 1. The highest BCUT2D eigenvalue weighted by Gasteiger charge is 2.44. The Balaban J connectivity index is 1.82. The summed E-state index contributed by atoms with van der Waals surface area (Å²) in [6.07, 6.45) is 1.36. The van der Waals surface area contributed by atoms with Crippen LogP contribution in [0.1, 0.15) is 25.8 Å². The number of rotatable bonds is 1. The molecule has 5 nitrogen and oxygen atoms in total. The predicted molar refractivity (Wildman–Crippen MR) is 79.4 cm³/mol. The first-order valence-electron chi connectivity index (χ1n) is 7.32. The summed E-state index contributed by atoms with van der Waals surface area (Å²) in [6.45, 7) is 4.54. The van der Waals surface area contributed by atoms with Crippen molar-refractivity contribution in [2.45, 2.75) is 32.7 Å². The second kappa shape index (κ2) is 4.76. The summed E-state index contributed by atoms with van der Waals surface area (Å²) in [5.74, 6) is -0.826. The van der Waals surface area contributed by atoms with Gasteiger partial charge in [0.25, 0.3) is 0 Å². The number of likely N-dealkylation sites (tertiary alicyclic amines) is 1. The third kappa shape index (κ3) is 2.17. The molecule has 21 heavy (non-hydrogen) atoms. The molecule has 2 atom stereocenters. The molecule has 0 spiro atoms. The molecule has 1 aromatic carbocycles. The third-order valence-electron chi connectivity index (χ3n) is 4.67. The Hall–Kier alpha value is -2.04. The standard InChI is InChI=1S/C16H20N2O3/c1-11-9-12-5-3-4-6-13(12)18(11)15(21)17-8-7-16(2,10-17)14(19)20/h3-6,11H,7-10H2,1-2H3,(H,19,20). The van der Waals surface area contributed by atoms with Crippen molar-refractivity contribution < 1.29 is 14.7 Å². The number of nitrogens with zero attached hydrogens (tertiary/aromatic N) is 2. The Kier molecular flexibility index (Phi) is 3.15. The van der Waals surface area contributed by atoms with E-state index in [1.165, 1.54) is 5.56 Å². The van der Waals surface area contributed by atoms with Crippen LogP contribution in [-0.2, 0) is 11.2 Å². The number of hydrogen-bond donors (Lipinski definition) is 1. The van der Waals surface area contributed by atoms with E-state index >= 15 is 0 Å². The van der Waals surface area contributed by atoms with E-state index in [9.17, 15) is 14.7 Å². The number of para-hydroxylation sites is 1. The fraction of sp³-hybridized carbons (Fsp3) is 0.500. The van der Waals surface area contributed by atoms with Crippen molar-refractivity contribution in [1.29, 1.82) is 0 Å². The van der Waals surface area contributed by atoms with Crippen LogP contribution in [0.2, 0.25) is 0 Å². The zero-order chi connectivity index (χ0) is 15.2. The quantitative estimate of drug-likeness (QED) is 0.863. The van der Waals surface area contributed by atoms with E-state index < -0.39 is 11.4 Å². The second-order valence-electron chi connectivity index (χ2n) is 6.37. The monoisotopic (exact) mass is 288 g/mol. The van der Waals surface area contributed by atoms with Crippen molar-refractivity contribution in [1.82, 2.24) is 4.90 Å². The largest absolute Gasteiger partial charge is 0.481 e. The lowest BCUT2D eigenvalue weighted by atomic mass is 9.90. The van der Waals surface area contributed by atoms with Gasteiger partial charge in [0.2, 0.25) is 0 Å². The van der Waals surface area contributed by atoms with Gasteiger partial charge in [-0.1, -0.05) is 18.2 Å². The maximum Gasteiger partial charge on any atom is 0.324 e. The molecule has 3 rings (SSSR count). The highest BCUT2D eigenvalue weighted by Crippen LogP contribution is 2.36. The second-order valence-corrected chi connectivity index (χ2v) is 6.37. The molecule has 2 amide bonds. The molecule has 2 unspecified atom stereocenters. The number of benzene rings is 1. The highest BCUT2D eigenvalue weighted by molar-refractivity contribution is 5.95. The van der Waals surface area contributed by atoms with Gasteiger partial charge in [-0.25, -0.2) is 4.79 Å². The number of amides is 2. The number of urea groups is 1. The van der Waals surface area contributed by atoms with Crippen LogP contribution in [-0.4, -0.2) is 41.1 Å². The van der Waals surface area contributed by atoms with Crippen molar-refractivity contribution >= 4 is 17.7 Å². The van der Waals surface area contributed by atoms with Crippen molar-refractivity contribution in [3.63, 3.8) is 0 Å². The average Bonchev–Trinajstić information content (AvgIpc) is 2.99. The van der Waals surface area contributed by atoms with Gasteiger partial charge < -0.3 is 10.0 Å². The number of fused-ring (bicyclic) bond motifs is 1. The van der Waals surface area contributed by atoms with Crippen LogP contribution in [0.3, 0.4) is 0 Å². The average molecular weight is 288 g/mol. The van der Waals surface area contributed by atoms with E-state index in [1.54, 1.807) is 11.8 Å². The van der Waals surface area contributed by atoms with Crippen LogP contribution in [0.25, 0.3) is 0 Å². The highest BCUT2D eigenvalue weighted by atomic mass is 16.4. The molecule has 0 radical (unpaired) electrons. The van der Waals surface area contributed by atoms with E-state index in [-0.39, 0.29) is 18.6 Å². The van der Waals surface area contributed by atoms with E-state index in [0.29, 0.717) is 13.0 Å². The molecule has 1 saturated heterocycles. The molecule has 1 N–H and O–H groups in total. The van der Waals surface area contributed by atoms with Crippen LogP contribution in [0, 0.1) is 5.41 Å². The van der Waals surface area contributed by atoms with Crippen molar-refractivity contribution in [3.05, 3.63) is 29.8 Å². The van der Waals surface area contributed by atoms with Crippen LogP contribution in [0.5, 0.6) is 0 Å². The van der Waals surface area contributed by atoms with Gasteiger partial charge in [-0.15, -0.1) is 0 Å². The van der Waals surface area contributed by atoms with Crippen LogP contribution < -0.4 is 4.90 Å². The molecule has 2 aliphatic heterocycles. The smallest absolute Gasteiger partial charge is 0.324 e. The van der Waals surface area contributed by atoms with Gasteiger partial charge in [-0.05, 0) is 38.3 Å². The number of carboxylic acids is 1. The Morgan fingerprint density at radius 2 is 2.05 bits per heavy atom. The summed E-state index contributed by atoms with van der Waals surface area (Å²) in [6, 6.07) is 7.97. The number of carbonyl (C=O) groups excluding carboxylic acids is 1. The summed E-state index contributed by atoms with van der Waals surface area (Å²) in [4.78, 5) is 27.6. The molecule has 0 aliphatic carbocycles. The number of anilines is 1. The summed E-state index contributed by atoms with van der Waals surface area (Å²) >= 11 is 0. The van der Waals surface area contributed by atoms with E-state index in [1.807, 2.05) is 36.1 Å². The molecule has 112 valence electrons. The topological polar surface area (TPSA) is 60.9 Å². The fourth-order valence-electron chi connectivity index (χ4n) is 3.31. The predicted octanol–water partition coefficient (Wildman–Crippen LogP) is 2.35. The summed E-state index contributed by atoms with van der Waals surface area (Å²) in [7, 11) is 0. The van der Waals surface area contributed by atoms with Gasteiger partial charge in [0.05, 0.1) is 5.41 Å². The van der Waals surface area contributed by atoms with Gasteiger partial charge >= 0.3 is 12.0 Å². The molecule has 0 saturated carbocycles. The Bertz CT molecular complexity index is 601. The SMILES string of the molecule is CC1Cc2ccccc2N1C(=O)N1CCC(C)(C(=O)O)C1. The van der Waals surface area contributed by atoms with Gasteiger partial charge in [0, 0.05) is 24.8 Å². The molecule has 0 aromatic heterocycles.